The first-order valence-electron chi connectivity index (χ1n) is 9.75. The van der Waals surface area contributed by atoms with Crippen molar-refractivity contribution >= 4 is 22.9 Å². The number of aliphatic imine (C=N–C) groups is 1. The quantitative estimate of drug-likeness (QED) is 0.425. The number of nitrogens with zero attached hydrogens (tertiary/aromatic N) is 3. The number of benzene rings is 2. The summed E-state index contributed by atoms with van der Waals surface area (Å²) in [5.41, 5.74) is 3.86. The summed E-state index contributed by atoms with van der Waals surface area (Å²) in [6.45, 7) is 1.45. The predicted octanol–water partition coefficient (Wildman–Crippen LogP) is 2.21. The number of carbonyl (C=O) groups is 1. The second-order valence-corrected chi connectivity index (χ2v) is 7.03. The van der Waals surface area contributed by atoms with Crippen molar-refractivity contribution in [1.29, 1.82) is 0 Å². The third-order valence-corrected chi connectivity index (χ3v) is 4.60. The van der Waals surface area contributed by atoms with Crippen LogP contribution in [0.15, 0.2) is 53.5 Å². The SMILES string of the molecule is CN=C(NCCc1cccc(C(=O)N(C)C)c1)NCCc1nc2ccccc2[nH]1. The molecule has 3 rings (SSSR count). The summed E-state index contributed by atoms with van der Waals surface area (Å²) in [7, 11) is 5.28. The molecule has 0 aliphatic rings. The first-order chi connectivity index (χ1) is 14.1. The smallest absolute Gasteiger partial charge is 0.253 e. The molecular formula is C22H28N6O. The van der Waals surface area contributed by atoms with Gasteiger partial charge in [0.1, 0.15) is 5.82 Å². The highest BCUT2D eigenvalue weighted by molar-refractivity contribution is 5.94. The fraction of sp³-hybridized carbons (Fsp3) is 0.318. The number of aromatic nitrogens is 2. The molecule has 0 atom stereocenters. The zero-order valence-electron chi connectivity index (χ0n) is 17.2. The molecule has 0 aliphatic carbocycles. The molecule has 2 aromatic carbocycles. The molecule has 0 saturated heterocycles. The van der Waals surface area contributed by atoms with E-state index in [1.165, 1.54) is 0 Å². The number of fused-ring (bicyclic) bond motifs is 1. The number of imidazole rings is 1. The zero-order valence-corrected chi connectivity index (χ0v) is 17.2. The van der Waals surface area contributed by atoms with Crippen LogP contribution < -0.4 is 10.6 Å². The molecule has 1 amide bonds. The summed E-state index contributed by atoms with van der Waals surface area (Å²) < 4.78 is 0. The first kappa shape index (κ1) is 20.4. The summed E-state index contributed by atoms with van der Waals surface area (Å²) in [5, 5.41) is 6.63. The van der Waals surface area contributed by atoms with Crippen LogP contribution in [0.5, 0.6) is 0 Å². The van der Waals surface area contributed by atoms with Gasteiger partial charge in [-0.05, 0) is 36.2 Å². The van der Waals surface area contributed by atoms with Gasteiger partial charge in [0, 0.05) is 46.2 Å². The van der Waals surface area contributed by atoms with E-state index in [9.17, 15) is 4.79 Å². The average Bonchev–Trinajstić information content (AvgIpc) is 3.15. The monoisotopic (exact) mass is 392 g/mol. The van der Waals surface area contributed by atoms with Crippen molar-refractivity contribution in [3.05, 3.63) is 65.5 Å². The van der Waals surface area contributed by atoms with E-state index in [2.05, 4.69) is 25.6 Å². The van der Waals surface area contributed by atoms with Crippen LogP contribution in [0.4, 0.5) is 0 Å². The normalized spacial score (nSPS) is 11.5. The Kier molecular flexibility index (Phi) is 6.84. The topological polar surface area (TPSA) is 85.4 Å². The van der Waals surface area contributed by atoms with Crippen LogP contribution in [0.25, 0.3) is 11.0 Å². The van der Waals surface area contributed by atoms with Crippen molar-refractivity contribution in [3.63, 3.8) is 0 Å². The number of hydrogen-bond acceptors (Lipinski definition) is 3. The van der Waals surface area contributed by atoms with E-state index in [4.69, 9.17) is 0 Å². The molecule has 0 radical (unpaired) electrons. The van der Waals surface area contributed by atoms with Crippen LogP contribution in [0.2, 0.25) is 0 Å². The Morgan fingerprint density at radius 1 is 1.07 bits per heavy atom. The van der Waals surface area contributed by atoms with Crippen LogP contribution in [0.3, 0.4) is 0 Å². The van der Waals surface area contributed by atoms with Gasteiger partial charge in [0.15, 0.2) is 5.96 Å². The van der Waals surface area contributed by atoms with Gasteiger partial charge in [-0.15, -0.1) is 0 Å². The molecule has 0 bridgehead atoms. The molecule has 0 saturated carbocycles. The molecule has 1 heterocycles. The van der Waals surface area contributed by atoms with E-state index < -0.39 is 0 Å². The molecular weight excluding hydrogens is 364 g/mol. The number of rotatable bonds is 7. The van der Waals surface area contributed by atoms with Gasteiger partial charge in [0.2, 0.25) is 0 Å². The van der Waals surface area contributed by atoms with Gasteiger partial charge in [-0.3, -0.25) is 9.79 Å². The number of H-pyrrole nitrogens is 1. The van der Waals surface area contributed by atoms with Crippen LogP contribution in [0, 0.1) is 0 Å². The van der Waals surface area contributed by atoms with E-state index >= 15 is 0 Å². The minimum atomic E-state index is 0.0165. The Morgan fingerprint density at radius 3 is 2.55 bits per heavy atom. The van der Waals surface area contributed by atoms with Crippen molar-refractivity contribution in [2.75, 3.05) is 34.2 Å². The number of guanidine groups is 1. The van der Waals surface area contributed by atoms with Crippen LogP contribution in [-0.4, -0.2) is 61.0 Å². The first-order valence-corrected chi connectivity index (χ1v) is 9.75. The number of para-hydroxylation sites is 2. The molecule has 7 nitrogen and oxygen atoms in total. The Morgan fingerprint density at radius 2 is 1.83 bits per heavy atom. The van der Waals surface area contributed by atoms with E-state index in [1.807, 2.05) is 48.5 Å². The van der Waals surface area contributed by atoms with E-state index in [1.54, 1.807) is 26.0 Å². The zero-order chi connectivity index (χ0) is 20.6. The number of carbonyl (C=O) groups excluding carboxylic acids is 1. The summed E-state index contributed by atoms with van der Waals surface area (Å²) in [5.74, 6) is 1.72. The molecule has 0 unspecified atom stereocenters. The fourth-order valence-corrected chi connectivity index (χ4v) is 3.09. The summed E-state index contributed by atoms with van der Waals surface area (Å²) >= 11 is 0. The second kappa shape index (κ2) is 9.73. The van der Waals surface area contributed by atoms with Crippen molar-refractivity contribution in [1.82, 2.24) is 25.5 Å². The lowest BCUT2D eigenvalue weighted by molar-refractivity contribution is 0.0827. The van der Waals surface area contributed by atoms with Crippen molar-refractivity contribution < 1.29 is 4.79 Å². The average molecular weight is 393 g/mol. The largest absolute Gasteiger partial charge is 0.356 e. The van der Waals surface area contributed by atoms with Crippen molar-refractivity contribution in [2.45, 2.75) is 12.8 Å². The summed E-state index contributed by atoms with van der Waals surface area (Å²) in [6.07, 6.45) is 1.59. The molecule has 0 spiro atoms. The molecule has 3 N–H and O–H groups in total. The highest BCUT2D eigenvalue weighted by Crippen LogP contribution is 2.10. The Labute approximate surface area is 171 Å². The number of aromatic amines is 1. The van der Waals surface area contributed by atoms with Gasteiger partial charge in [0.05, 0.1) is 11.0 Å². The third-order valence-electron chi connectivity index (χ3n) is 4.60. The molecule has 29 heavy (non-hydrogen) atoms. The standard InChI is InChI=1S/C22H28N6O/c1-23-22(25-14-12-20-26-18-9-4-5-10-19(18)27-20)24-13-11-16-7-6-8-17(15-16)21(29)28(2)3/h4-10,15H,11-14H2,1-3H3,(H,26,27)(H2,23,24,25). The Balaban J connectivity index is 1.44. The minimum absolute atomic E-state index is 0.0165. The van der Waals surface area contributed by atoms with Crippen LogP contribution in [0.1, 0.15) is 21.7 Å². The van der Waals surface area contributed by atoms with E-state index in [0.717, 1.165) is 54.3 Å². The van der Waals surface area contributed by atoms with Crippen LogP contribution >= 0.6 is 0 Å². The Bertz CT molecular complexity index is 959. The molecule has 7 heteroatoms. The van der Waals surface area contributed by atoms with Crippen LogP contribution in [-0.2, 0) is 12.8 Å². The highest BCUT2D eigenvalue weighted by Gasteiger charge is 2.08. The van der Waals surface area contributed by atoms with E-state index in [-0.39, 0.29) is 5.91 Å². The van der Waals surface area contributed by atoms with Crippen molar-refractivity contribution in [2.24, 2.45) is 4.99 Å². The highest BCUT2D eigenvalue weighted by atomic mass is 16.2. The lowest BCUT2D eigenvalue weighted by Crippen LogP contribution is -2.39. The number of hydrogen-bond donors (Lipinski definition) is 3. The molecule has 0 aliphatic heterocycles. The number of amides is 1. The maximum Gasteiger partial charge on any atom is 0.253 e. The number of nitrogens with one attached hydrogen (secondary N) is 3. The lowest BCUT2D eigenvalue weighted by Gasteiger charge is -2.13. The van der Waals surface area contributed by atoms with Gasteiger partial charge < -0.3 is 20.5 Å². The van der Waals surface area contributed by atoms with Crippen molar-refractivity contribution in [3.8, 4) is 0 Å². The van der Waals surface area contributed by atoms with Gasteiger partial charge in [0.25, 0.3) is 5.91 Å². The molecule has 3 aromatic rings. The van der Waals surface area contributed by atoms with Gasteiger partial charge in [-0.2, -0.15) is 0 Å². The Hall–Kier alpha value is -3.35. The summed E-state index contributed by atoms with van der Waals surface area (Å²) in [6, 6.07) is 15.8. The lowest BCUT2D eigenvalue weighted by atomic mass is 10.1. The second-order valence-electron chi connectivity index (χ2n) is 7.03. The minimum Gasteiger partial charge on any atom is -0.356 e. The van der Waals surface area contributed by atoms with E-state index in [0.29, 0.717) is 5.56 Å². The fourth-order valence-electron chi connectivity index (χ4n) is 3.09. The van der Waals surface area contributed by atoms with Gasteiger partial charge >= 0.3 is 0 Å². The molecule has 0 fully saturated rings. The predicted molar refractivity (Wildman–Crippen MR) is 117 cm³/mol. The maximum atomic E-state index is 12.1. The summed E-state index contributed by atoms with van der Waals surface area (Å²) in [4.78, 5) is 25.9. The molecule has 152 valence electrons. The third kappa shape index (κ3) is 5.57. The maximum absolute atomic E-state index is 12.1. The van der Waals surface area contributed by atoms with Gasteiger partial charge in [-0.1, -0.05) is 24.3 Å². The van der Waals surface area contributed by atoms with Gasteiger partial charge in [-0.25, -0.2) is 4.98 Å². The molecule has 1 aromatic heterocycles.